The van der Waals surface area contributed by atoms with Crippen molar-refractivity contribution in [2.24, 2.45) is 0 Å². The molecule has 3 heteroatoms. The minimum Gasteiger partial charge on any atom is -0.493 e. The molecule has 1 aromatic rings. The van der Waals surface area contributed by atoms with Crippen molar-refractivity contribution < 1.29 is 13.9 Å². The molecule has 1 aliphatic rings. The lowest BCUT2D eigenvalue weighted by Gasteiger charge is -2.04. The number of halogens is 1. The monoisotopic (exact) mass is 180 g/mol. The van der Waals surface area contributed by atoms with E-state index in [1.807, 2.05) is 0 Å². The first-order valence-electron chi connectivity index (χ1n) is 4.23. The maximum Gasteiger partial charge on any atom is 0.166 e. The highest BCUT2D eigenvalue weighted by Gasteiger charge is 2.16. The summed E-state index contributed by atoms with van der Waals surface area (Å²) in [5.74, 6) is 0.0449. The summed E-state index contributed by atoms with van der Waals surface area (Å²) in [4.78, 5) is 11.4. The number of carbonyl (C=O) groups is 1. The van der Waals surface area contributed by atoms with Crippen LogP contribution in [-0.2, 0) is 0 Å². The van der Waals surface area contributed by atoms with Crippen molar-refractivity contribution in [3.05, 3.63) is 29.6 Å². The number of ketones is 1. The lowest BCUT2D eigenvalue weighted by atomic mass is 10.1. The van der Waals surface area contributed by atoms with Crippen LogP contribution >= 0.6 is 0 Å². The predicted molar refractivity (Wildman–Crippen MR) is 45.5 cm³/mol. The molecule has 2 nitrogen and oxygen atoms in total. The molecule has 1 aliphatic heterocycles. The molecule has 0 radical (unpaired) electrons. The second-order valence-corrected chi connectivity index (χ2v) is 3.02. The van der Waals surface area contributed by atoms with E-state index in [1.165, 1.54) is 18.2 Å². The van der Waals surface area contributed by atoms with E-state index in [9.17, 15) is 9.18 Å². The van der Waals surface area contributed by atoms with Crippen molar-refractivity contribution in [2.75, 3.05) is 6.61 Å². The average molecular weight is 180 g/mol. The lowest BCUT2D eigenvalue weighted by molar-refractivity contribution is 0.0983. The molecule has 68 valence electrons. The van der Waals surface area contributed by atoms with Gasteiger partial charge in [0.2, 0.25) is 0 Å². The molecule has 0 saturated carbocycles. The molecule has 0 bridgehead atoms. The number of rotatable bonds is 0. The number of hydrogen-bond acceptors (Lipinski definition) is 2. The molecular formula is C10H9FO2. The summed E-state index contributed by atoms with van der Waals surface area (Å²) in [6.07, 6.45) is 1.19. The van der Waals surface area contributed by atoms with Crippen LogP contribution in [0.3, 0.4) is 0 Å². The first-order valence-corrected chi connectivity index (χ1v) is 4.23. The number of benzene rings is 1. The Hall–Kier alpha value is -1.38. The Bertz CT molecular complexity index is 347. The normalized spacial score (nSPS) is 15.9. The zero-order valence-corrected chi connectivity index (χ0v) is 7.05. The number of fused-ring (bicyclic) bond motifs is 1. The van der Waals surface area contributed by atoms with Crippen molar-refractivity contribution in [1.29, 1.82) is 0 Å². The third-order valence-corrected chi connectivity index (χ3v) is 2.05. The molecule has 1 heterocycles. The second kappa shape index (κ2) is 3.17. The highest BCUT2D eigenvalue weighted by molar-refractivity contribution is 5.98. The van der Waals surface area contributed by atoms with Crippen LogP contribution in [0.5, 0.6) is 5.75 Å². The van der Waals surface area contributed by atoms with E-state index in [0.717, 1.165) is 0 Å². The average Bonchev–Trinajstić information content (AvgIpc) is 2.28. The van der Waals surface area contributed by atoms with Gasteiger partial charge in [0, 0.05) is 12.5 Å². The van der Waals surface area contributed by atoms with Gasteiger partial charge in [-0.15, -0.1) is 0 Å². The van der Waals surface area contributed by atoms with Crippen LogP contribution < -0.4 is 4.74 Å². The van der Waals surface area contributed by atoms with Crippen LogP contribution in [0.4, 0.5) is 4.39 Å². The van der Waals surface area contributed by atoms with Gasteiger partial charge < -0.3 is 4.74 Å². The second-order valence-electron chi connectivity index (χ2n) is 3.02. The van der Waals surface area contributed by atoms with Crippen molar-refractivity contribution >= 4 is 5.78 Å². The maximum absolute atomic E-state index is 12.8. The van der Waals surface area contributed by atoms with E-state index in [0.29, 0.717) is 30.8 Å². The Labute approximate surface area is 75.3 Å². The van der Waals surface area contributed by atoms with E-state index < -0.39 is 0 Å². The Morgan fingerprint density at radius 3 is 3.08 bits per heavy atom. The Kier molecular flexibility index (Phi) is 2.00. The summed E-state index contributed by atoms with van der Waals surface area (Å²) < 4.78 is 18.0. The molecule has 0 saturated heterocycles. The minimum absolute atomic E-state index is 0.0347. The van der Waals surface area contributed by atoms with Gasteiger partial charge in [-0.3, -0.25) is 4.79 Å². The SMILES string of the molecule is O=C1CCCOc2cc(F)ccc21. The van der Waals surface area contributed by atoms with E-state index in [-0.39, 0.29) is 11.6 Å². The Morgan fingerprint density at radius 1 is 1.38 bits per heavy atom. The molecular weight excluding hydrogens is 171 g/mol. The predicted octanol–water partition coefficient (Wildman–Crippen LogP) is 2.18. The summed E-state index contributed by atoms with van der Waals surface area (Å²) in [5, 5.41) is 0. The summed E-state index contributed by atoms with van der Waals surface area (Å²) in [5.41, 5.74) is 0.499. The molecule has 13 heavy (non-hydrogen) atoms. The Morgan fingerprint density at radius 2 is 2.23 bits per heavy atom. The zero-order valence-electron chi connectivity index (χ0n) is 7.05. The molecule has 0 fully saturated rings. The summed E-state index contributed by atoms with van der Waals surface area (Å²) >= 11 is 0. The smallest absolute Gasteiger partial charge is 0.166 e. The fourth-order valence-electron chi connectivity index (χ4n) is 1.40. The van der Waals surface area contributed by atoms with Crippen LogP contribution in [0.15, 0.2) is 18.2 Å². The fourth-order valence-corrected chi connectivity index (χ4v) is 1.40. The zero-order chi connectivity index (χ0) is 9.26. The van der Waals surface area contributed by atoms with E-state index >= 15 is 0 Å². The van der Waals surface area contributed by atoms with Crippen molar-refractivity contribution in [3.63, 3.8) is 0 Å². The number of hydrogen-bond donors (Lipinski definition) is 0. The quantitative estimate of drug-likeness (QED) is 0.611. The van der Waals surface area contributed by atoms with Crippen molar-refractivity contribution in [2.45, 2.75) is 12.8 Å². The largest absolute Gasteiger partial charge is 0.493 e. The van der Waals surface area contributed by atoms with Gasteiger partial charge in [0.1, 0.15) is 11.6 Å². The van der Waals surface area contributed by atoms with Gasteiger partial charge in [0.05, 0.1) is 12.2 Å². The molecule has 0 aromatic heterocycles. The van der Waals surface area contributed by atoms with Gasteiger partial charge in [-0.05, 0) is 18.6 Å². The fraction of sp³-hybridized carbons (Fsp3) is 0.300. The molecule has 0 aliphatic carbocycles. The highest BCUT2D eigenvalue weighted by atomic mass is 19.1. The summed E-state index contributed by atoms with van der Waals surface area (Å²) in [6.45, 7) is 0.488. The van der Waals surface area contributed by atoms with Gasteiger partial charge >= 0.3 is 0 Å². The molecule has 0 atom stereocenters. The van der Waals surface area contributed by atoms with E-state index in [1.54, 1.807) is 0 Å². The van der Waals surface area contributed by atoms with Gasteiger partial charge in [-0.25, -0.2) is 4.39 Å². The van der Waals surface area contributed by atoms with Gasteiger partial charge in [-0.1, -0.05) is 0 Å². The summed E-state index contributed by atoms with van der Waals surface area (Å²) in [6, 6.07) is 4.03. The van der Waals surface area contributed by atoms with Crippen LogP contribution in [0.25, 0.3) is 0 Å². The number of ether oxygens (including phenoxy) is 1. The third kappa shape index (κ3) is 1.54. The van der Waals surface area contributed by atoms with Crippen molar-refractivity contribution in [3.8, 4) is 5.75 Å². The molecule has 1 aromatic carbocycles. The minimum atomic E-state index is -0.367. The van der Waals surface area contributed by atoms with Gasteiger partial charge in [-0.2, -0.15) is 0 Å². The van der Waals surface area contributed by atoms with Crippen LogP contribution in [0, 0.1) is 5.82 Å². The van der Waals surface area contributed by atoms with E-state index in [4.69, 9.17) is 4.74 Å². The van der Waals surface area contributed by atoms with Crippen LogP contribution in [-0.4, -0.2) is 12.4 Å². The third-order valence-electron chi connectivity index (χ3n) is 2.05. The van der Waals surface area contributed by atoms with Gasteiger partial charge in [0.15, 0.2) is 5.78 Å². The Balaban J connectivity index is 2.48. The molecule has 0 N–H and O–H groups in total. The first kappa shape index (κ1) is 8.23. The molecule has 2 rings (SSSR count). The molecule has 0 amide bonds. The summed E-state index contributed by atoms with van der Waals surface area (Å²) in [7, 11) is 0. The maximum atomic E-state index is 12.8. The highest BCUT2D eigenvalue weighted by Crippen LogP contribution is 2.24. The van der Waals surface area contributed by atoms with Crippen LogP contribution in [0.1, 0.15) is 23.2 Å². The number of carbonyl (C=O) groups excluding carboxylic acids is 1. The first-order chi connectivity index (χ1) is 6.27. The van der Waals surface area contributed by atoms with E-state index in [2.05, 4.69) is 0 Å². The van der Waals surface area contributed by atoms with Crippen molar-refractivity contribution in [1.82, 2.24) is 0 Å². The van der Waals surface area contributed by atoms with Crippen LogP contribution in [0.2, 0.25) is 0 Å². The lowest BCUT2D eigenvalue weighted by Crippen LogP contribution is -1.97. The van der Waals surface area contributed by atoms with Gasteiger partial charge in [0.25, 0.3) is 0 Å². The molecule has 0 unspecified atom stereocenters. The standard InChI is InChI=1S/C10H9FO2/c11-7-3-4-8-9(12)2-1-5-13-10(8)6-7/h3-4,6H,1-2,5H2. The number of Topliss-reactive ketones (excluding diaryl/α,β-unsaturated/α-hetero) is 1. The topological polar surface area (TPSA) is 26.3 Å². The molecule has 0 spiro atoms.